The molecule has 3 aromatic rings. The molecule has 1 saturated heterocycles. The van der Waals surface area contributed by atoms with E-state index in [9.17, 15) is 19.4 Å². The molecule has 2 aromatic carbocycles. The molecule has 1 aliphatic rings. The lowest BCUT2D eigenvalue weighted by Crippen LogP contribution is -2.37. The van der Waals surface area contributed by atoms with Crippen molar-refractivity contribution in [3.63, 3.8) is 0 Å². The molecule has 200 valence electrons. The van der Waals surface area contributed by atoms with Gasteiger partial charge in [0.1, 0.15) is 16.5 Å². The summed E-state index contributed by atoms with van der Waals surface area (Å²) in [5.74, 6) is -1.65. The van der Waals surface area contributed by atoms with Crippen LogP contribution in [0.2, 0.25) is 10.0 Å². The third kappa shape index (κ3) is 6.78. The fraction of sp³-hybridized carbons (Fsp3) is 0.261. The molecule has 11 nitrogen and oxygen atoms in total. The molecular formula is C23H20BrCl2FN6O5. The van der Waals surface area contributed by atoms with Gasteiger partial charge in [0.05, 0.1) is 36.7 Å². The van der Waals surface area contributed by atoms with Crippen molar-refractivity contribution >= 4 is 62.5 Å². The molecule has 4 rings (SSSR count). The van der Waals surface area contributed by atoms with Crippen LogP contribution in [0.4, 0.5) is 21.8 Å². The molecule has 15 heteroatoms. The van der Waals surface area contributed by atoms with E-state index >= 15 is 0 Å². The largest absolute Gasteiger partial charge is 0.506 e. The van der Waals surface area contributed by atoms with Crippen molar-refractivity contribution in [2.75, 3.05) is 43.1 Å². The molecule has 0 aliphatic carbocycles. The number of anilines is 2. The Morgan fingerprint density at radius 3 is 2.76 bits per heavy atom. The second-order valence-corrected chi connectivity index (χ2v) is 9.55. The fourth-order valence-electron chi connectivity index (χ4n) is 3.38. The summed E-state index contributed by atoms with van der Waals surface area (Å²) in [6.45, 7) is 1.38. The monoisotopic (exact) mass is 628 g/mol. The first-order valence-corrected chi connectivity index (χ1v) is 12.6. The van der Waals surface area contributed by atoms with Gasteiger partial charge in [-0.3, -0.25) is 4.79 Å². The highest BCUT2D eigenvalue weighted by Gasteiger charge is 2.18. The normalized spacial score (nSPS) is 13.6. The standard InChI is InChI=1S/C23H20BrCl2FN6O5/c24-13-7-14(25)21(36)16(8-13)30-18(34)11-38-17-2-1-12(20(35)19(17)26)9-29-32-23-28-10-15(27)22(31-23)33-3-5-37-6-4-33/h1-2,7-8,10,35-36H,3-6,9,11H2,(H,30,34). The average molecular weight is 630 g/mol. The van der Waals surface area contributed by atoms with Gasteiger partial charge in [0.2, 0.25) is 0 Å². The molecule has 38 heavy (non-hydrogen) atoms. The van der Waals surface area contributed by atoms with E-state index < -0.39 is 18.3 Å². The number of nitrogens with zero attached hydrogens (tertiary/aromatic N) is 5. The Kier molecular flexibility index (Phi) is 9.15. The molecule has 0 saturated carbocycles. The SMILES string of the molecule is O=C(COc1ccc(CN=Nc2ncc(F)c(N3CCOCC3)n2)c(O)c1Cl)Nc1cc(Br)cc(Cl)c1O. The van der Waals surface area contributed by atoms with Crippen LogP contribution < -0.4 is 15.0 Å². The molecule has 1 aliphatic heterocycles. The summed E-state index contributed by atoms with van der Waals surface area (Å²) < 4.78 is 25.4. The molecule has 0 atom stereocenters. The summed E-state index contributed by atoms with van der Waals surface area (Å²) in [7, 11) is 0. The number of ether oxygens (including phenoxy) is 2. The van der Waals surface area contributed by atoms with E-state index in [1.54, 1.807) is 4.90 Å². The zero-order chi connectivity index (χ0) is 27.2. The van der Waals surface area contributed by atoms with Gasteiger partial charge in [-0.15, -0.1) is 5.11 Å². The average Bonchev–Trinajstić information content (AvgIpc) is 2.90. The highest BCUT2D eigenvalue weighted by Crippen LogP contribution is 2.37. The van der Waals surface area contributed by atoms with Crippen molar-refractivity contribution in [3.05, 3.63) is 56.4 Å². The Hall–Kier alpha value is -3.26. The number of phenols is 2. The maximum absolute atomic E-state index is 14.2. The smallest absolute Gasteiger partial charge is 0.270 e. The van der Waals surface area contributed by atoms with E-state index in [2.05, 4.69) is 41.4 Å². The van der Waals surface area contributed by atoms with Crippen molar-refractivity contribution in [2.24, 2.45) is 10.2 Å². The predicted octanol–water partition coefficient (Wildman–Crippen LogP) is 5.23. The predicted molar refractivity (Wildman–Crippen MR) is 141 cm³/mol. The van der Waals surface area contributed by atoms with E-state index in [0.717, 1.165) is 6.20 Å². The number of carbonyl (C=O) groups is 1. The van der Waals surface area contributed by atoms with Crippen molar-refractivity contribution in [3.8, 4) is 17.2 Å². The summed E-state index contributed by atoms with van der Waals surface area (Å²) in [6, 6.07) is 5.90. The number of rotatable bonds is 8. The maximum Gasteiger partial charge on any atom is 0.270 e. The van der Waals surface area contributed by atoms with E-state index in [1.165, 1.54) is 24.3 Å². The Balaban J connectivity index is 1.37. The van der Waals surface area contributed by atoms with E-state index in [4.69, 9.17) is 32.7 Å². The third-order valence-electron chi connectivity index (χ3n) is 5.25. The Bertz CT molecular complexity index is 1380. The molecule has 1 aromatic heterocycles. The minimum absolute atomic E-state index is 0.0396. The Morgan fingerprint density at radius 1 is 1.24 bits per heavy atom. The number of nitrogens with one attached hydrogen (secondary N) is 1. The van der Waals surface area contributed by atoms with E-state index in [1.807, 2.05) is 0 Å². The number of aromatic nitrogens is 2. The second-order valence-electron chi connectivity index (χ2n) is 7.85. The van der Waals surface area contributed by atoms with Crippen molar-refractivity contribution in [2.45, 2.75) is 6.54 Å². The van der Waals surface area contributed by atoms with Gasteiger partial charge in [0.15, 0.2) is 24.0 Å². The summed E-state index contributed by atoms with van der Waals surface area (Å²) in [6.07, 6.45) is 1.02. The first-order valence-electron chi connectivity index (χ1n) is 11.1. The number of aromatic hydroxyl groups is 2. The highest BCUT2D eigenvalue weighted by molar-refractivity contribution is 9.10. The van der Waals surface area contributed by atoms with Gasteiger partial charge in [-0.2, -0.15) is 10.1 Å². The highest BCUT2D eigenvalue weighted by atomic mass is 79.9. The number of carbonyl (C=O) groups excluding carboxylic acids is 1. The van der Waals surface area contributed by atoms with Gasteiger partial charge in [0.25, 0.3) is 11.9 Å². The van der Waals surface area contributed by atoms with Crippen molar-refractivity contribution < 1.29 is 28.9 Å². The lowest BCUT2D eigenvalue weighted by Gasteiger charge is -2.27. The van der Waals surface area contributed by atoms with Crippen LogP contribution in [0.3, 0.4) is 0 Å². The number of phenolic OH excluding ortho intramolecular Hbond substituents is 2. The molecule has 1 fully saturated rings. The summed E-state index contributed by atoms with van der Waals surface area (Å²) in [4.78, 5) is 21.9. The molecular weight excluding hydrogens is 610 g/mol. The number of benzene rings is 2. The lowest BCUT2D eigenvalue weighted by atomic mass is 10.2. The topological polar surface area (TPSA) is 142 Å². The Morgan fingerprint density at radius 2 is 2.00 bits per heavy atom. The zero-order valence-electron chi connectivity index (χ0n) is 19.5. The quantitative estimate of drug-likeness (QED) is 0.227. The van der Waals surface area contributed by atoms with Crippen LogP contribution in [0.25, 0.3) is 0 Å². The number of halogens is 4. The second kappa shape index (κ2) is 12.5. The van der Waals surface area contributed by atoms with E-state index in [-0.39, 0.29) is 51.3 Å². The summed E-state index contributed by atoms with van der Waals surface area (Å²) in [5.41, 5.74) is 0.412. The van der Waals surface area contributed by atoms with Crippen LogP contribution in [0.5, 0.6) is 17.2 Å². The third-order valence-corrected chi connectivity index (χ3v) is 6.36. The fourth-order valence-corrected chi connectivity index (χ4v) is 4.43. The van der Waals surface area contributed by atoms with Crippen molar-refractivity contribution in [1.29, 1.82) is 0 Å². The molecule has 0 unspecified atom stereocenters. The summed E-state index contributed by atoms with van der Waals surface area (Å²) in [5, 5.41) is 30.7. The number of azo groups is 1. The van der Waals surface area contributed by atoms with Gasteiger partial charge in [-0.05, 0) is 24.3 Å². The van der Waals surface area contributed by atoms with Gasteiger partial charge < -0.3 is 29.9 Å². The Labute approximate surface area is 234 Å². The molecule has 0 bridgehead atoms. The molecule has 3 N–H and O–H groups in total. The lowest BCUT2D eigenvalue weighted by molar-refractivity contribution is -0.118. The van der Waals surface area contributed by atoms with Gasteiger partial charge in [-0.1, -0.05) is 39.1 Å². The van der Waals surface area contributed by atoms with Crippen LogP contribution in [0.1, 0.15) is 5.56 Å². The number of hydrogen-bond acceptors (Lipinski definition) is 10. The van der Waals surface area contributed by atoms with Gasteiger partial charge in [-0.25, -0.2) is 9.37 Å². The van der Waals surface area contributed by atoms with Crippen LogP contribution >= 0.6 is 39.1 Å². The number of amides is 1. The summed E-state index contributed by atoms with van der Waals surface area (Å²) >= 11 is 15.3. The minimum Gasteiger partial charge on any atom is -0.506 e. The minimum atomic E-state index is -0.598. The van der Waals surface area contributed by atoms with Crippen LogP contribution in [0.15, 0.2) is 45.2 Å². The number of hydrogen-bond donors (Lipinski definition) is 3. The first-order chi connectivity index (χ1) is 18.2. The molecule has 0 radical (unpaired) electrons. The van der Waals surface area contributed by atoms with Crippen LogP contribution in [-0.2, 0) is 16.1 Å². The van der Waals surface area contributed by atoms with Gasteiger partial charge >= 0.3 is 0 Å². The van der Waals surface area contributed by atoms with E-state index in [0.29, 0.717) is 36.3 Å². The number of morpholine rings is 1. The van der Waals surface area contributed by atoms with Gasteiger partial charge in [0, 0.05) is 23.1 Å². The maximum atomic E-state index is 14.2. The van der Waals surface area contributed by atoms with Crippen LogP contribution in [-0.4, -0.2) is 59.0 Å². The molecule has 0 spiro atoms. The zero-order valence-corrected chi connectivity index (χ0v) is 22.6. The van der Waals surface area contributed by atoms with Crippen LogP contribution in [0, 0.1) is 5.82 Å². The molecule has 1 amide bonds. The van der Waals surface area contributed by atoms with Crippen molar-refractivity contribution in [1.82, 2.24) is 9.97 Å². The first kappa shape index (κ1) is 27.8. The molecule has 2 heterocycles.